The first-order chi connectivity index (χ1) is 1.91. The largest absolute Gasteiger partial charge is 0.394 e. The third kappa shape index (κ3) is 11.5. The summed E-state index contributed by atoms with van der Waals surface area (Å²) in [5.41, 5.74) is 0. The second kappa shape index (κ2) is 8.85. The van der Waals surface area contributed by atoms with Gasteiger partial charge >= 0.3 is 0 Å². The van der Waals surface area contributed by atoms with Crippen LogP contribution in [0.5, 0.6) is 0 Å². The van der Waals surface area contributed by atoms with E-state index in [0.717, 1.165) is 0 Å². The summed E-state index contributed by atoms with van der Waals surface area (Å²) < 4.78 is 0. The Morgan fingerprint density at radius 2 is 1.20 bits per heavy atom. The van der Waals surface area contributed by atoms with Crippen molar-refractivity contribution in [2.75, 3.05) is 13.2 Å². The molecule has 2 nitrogen and oxygen atoms in total. The van der Waals surface area contributed by atoms with Gasteiger partial charge in [-0.05, 0) is 0 Å². The van der Waals surface area contributed by atoms with Crippen LogP contribution < -0.4 is 0 Å². The maximum Gasteiger partial charge on any atom is 0.0662 e. The molecule has 0 unspecified atom stereocenters. The van der Waals surface area contributed by atoms with E-state index in [1.807, 2.05) is 0 Å². The molecule has 5 heavy (non-hydrogen) atoms. The van der Waals surface area contributed by atoms with Crippen molar-refractivity contribution in [1.29, 1.82) is 0 Å². The summed E-state index contributed by atoms with van der Waals surface area (Å²) in [4.78, 5) is 0. The number of hydrogen-bond acceptors (Lipinski definition) is 2. The monoisotopic (exact) mass is 270 g/mol. The summed E-state index contributed by atoms with van der Waals surface area (Å²) in [5.74, 6) is 0. The molecule has 0 heterocycles. The predicted octanol–water partition coefficient (Wildman–Crippen LogP) is -1.41. The zero-order valence-electron chi connectivity index (χ0n) is 2.81. The standard InChI is InChI=1S/C2H6O2.Pb/c3-1-2-4;/h3-4H,1-2H2;. The van der Waals surface area contributed by atoms with E-state index in [-0.39, 0.29) is 40.5 Å². The van der Waals surface area contributed by atoms with E-state index in [2.05, 4.69) is 0 Å². The molecule has 0 atom stereocenters. The van der Waals surface area contributed by atoms with Gasteiger partial charge in [0.15, 0.2) is 0 Å². The van der Waals surface area contributed by atoms with Crippen molar-refractivity contribution in [2.45, 2.75) is 0 Å². The Morgan fingerprint density at radius 1 is 1.00 bits per heavy atom. The molecule has 2 N–H and O–H groups in total. The second-order valence-corrected chi connectivity index (χ2v) is 0.447. The van der Waals surface area contributed by atoms with Crippen LogP contribution >= 0.6 is 0 Å². The van der Waals surface area contributed by atoms with Crippen molar-refractivity contribution in [2.24, 2.45) is 0 Å². The number of hydrogen-bond donors (Lipinski definition) is 2. The van der Waals surface area contributed by atoms with E-state index in [1.54, 1.807) is 0 Å². The fraction of sp³-hybridized carbons (Fsp3) is 1.00. The van der Waals surface area contributed by atoms with Gasteiger partial charge in [-0.3, -0.25) is 0 Å². The zero-order valence-corrected chi connectivity index (χ0v) is 6.70. The Hall–Kier alpha value is 0.842. The average molecular weight is 269 g/mol. The van der Waals surface area contributed by atoms with Gasteiger partial charge in [0.05, 0.1) is 13.2 Å². The fourth-order valence-corrected chi connectivity index (χ4v) is 0. The Labute approximate surface area is 51.0 Å². The Bertz CT molecular complexity index is 9.61. The Kier molecular flexibility index (Phi) is 16.4. The van der Waals surface area contributed by atoms with Gasteiger partial charge in [0.1, 0.15) is 0 Å². The molecule has 0 aromatic heterocycles. The average Bonchev–Trinajstić information content (AvgIpc) is 1.37. The van der Waals surface area contributed by atoms with Crippen LogP contribution in [-0.4, -0.2) is 50.7 Å². The van der Waals surface area contributed by atoms with E-state index in [0.29, 0.717) is 0 Å². The van der Waals surface area contributed by atoms with E-state index in [1.165, 1.54) is 0 Å². The minimum Gasteiger partial charge on any atom is -0.394 e. The summed E-state index contributed by atoms with van der Waals surface area (Å²) >= 11 is 0. The SMILES string of the molecule is OCCO.[Pb]. The van der Waals surface area contributed by atoms with Crippen LogP contribution in [0, 0.1) is 0 Å². The summed E-state index contributed by atoms with van der Waals surface area (Å²) in [5, 5.41) is 15.2. The van der Waals surface area contributed by atoms with Crippen LogP contribution in [-0.2, 0) is 0 Å². The van der Waals surface area contributed by atoms with Crippen molar-refractivity contribution in [3.63, 3.8) is 0 Å². The first-order valence-corrected chi connectivity index (χ1v) is 1.13. The Morgan fingerprint density at radius 3 is 1.20 bits per heavy atom. The van der Waals surface area contributed by atoms with Crippen molar-refractivity contribution >= 4 is 27.3 Å². The molecule has 0 aliphatic rings. The molecular weight excluding hydrogens is 263 g/mol. The van der Waals surface area contributed by atoms with Gasteiger partial charge in [0.2, 0.25) is 0 Å². The van der Waals surface area contributed by atoms with Crippen LogP contribution in [0.25, 0.3) is 0 Å². The number of rotatable bonds is 1. The predicted molar refractivity (Wildman–Crippen MR) is 19.9 cm³/mol. The van der Waals surface area contributed by atoms with Gasteiger partial charge in [0.25, 0.3) is 0 Å². The van der Waals surface area contributed by atoms with Crippen molar-refractivity contribution in [3.05, 3.63) is 0 Å². The van der Waals surface area contributed by atoms with Crippen LogP contribution in [0.4, 0.5) is 0 Å². The van der Waals surface area contributed by atoms with Gasteiger partial charge in [-0.25, -0.2) is 0 Å². The third-order valence-electron chi connectivity index (χ3n) is 0.1000. The van der Waals surface area contributed by atoms with Gasteiger partial charge in [-0.1, -0.05) is 0 Å². The maximum absolute atomic E-state index is 7.62. The summed E-state index contributed by atoms with van der Waals surface area (Å²) in [6.07, 6.45) is 0. The molecule has 0 amide bonds. The maximum atomic E-state index is 7.62. The fourth-order valence-electron chi connectivity index (χ4n) is 0. The third-order valence-corrected chi connectivity index (χ3v) is 0.1000. The van der Waals surface area contributed by atoms with Gasteiger partial charge in [-0.15, -0.1) is 0 Å². The Balaban J connectivity index is 0. The first kappa shape index (κ1) is 9.28. The van der Waals surface area contributed by atoms with Crippen molar-refractivity contribution in [3.8, 4) is 0 Å². The molecule has 3 heteroatoms. The molecular formula is C2H6O2Pb. The summed E-state index contributed by atoms with van der Waals surface area (Å²) in [6.45, 7) is -0.250. The molecule has 0 aliphatic carbocycles. The van der Waals surface area contributed by atoms with Gasteiger partial charge in [-0.2, -0.15) is 0 Å². The summed E-state index contributed by atoms with van der Waals surface area (Å²) in [6, 6.07) is 0. The molecule has 0 spiro atoms. The zero-order chi connectivity index (χ0) is 3.41. The van der Waals surface area contributed by atoms with Crippen LogP contribution in [0.1, 0.15) is 0 Å². The quantitative estimate of drug-likeness (QED) is 0.574. The smallest absolute Gasteiger partial charge is 0.0662 e. The van der Waals surface area contributed by atoms with E-state index < -0.39 is 0 Å². The van der Waals surface area contributed by atoms with E-state index in [9.17, 15) is 0 Å². The molecule has 0 bridgehead atoms. The van der Waals surface area contributed by atoms with Crippen LogP contribution in [0.2, 0.25) is 0 Å². The topological polar surface area (TPSA) is 40.5 Å². The van der Waals surface area contributed by atoms with Crippen LogP contribution in [0.3, 0.4) is 0 Å². The molecule has 4 radical (unpaired) electrons. The molecule has 0 fully saturated rings. The summed E-state index contributed by atoms with van der Waals surface area (Å²) in [7, 11) is 0. The minimum atomic E-state index is -0.125. The van der Waals surface area contributed by atoms with E-state index in [4.69, 9.17) is 10.2 Å². The van der Waals surface area contributed by atoms with Crippen molar-refractivity contribution < 1.29 is 10.2 Å². The first-order valence-electron chi connectivity index (χ1n) is 1.13. The van der Waals surface area contributed by atoms with Crippen molar-refractivity contribution in [1.82, 2.24) is 0 Å². The molecule has 0 saturated carbocycles. The number of aliphatic hydroxyl groups is 2. The molecule has 30 valence electrons. The van der Waals surface area contributed by atoms with Gasteiger partial charge < -0.3 is 10.2 Å². The molecule has 0 saturated heterocycles. The van der Waals surface area contributed by atoms with Gasteiger partial charge in [0, 0.05) is 27.3 Å². The second-order valence-electron chi connectivity index (χ2n) is 0.447. The van der Waals surface area contributed by atoms with Crippen LogP contribution in [0.15, 0.2) is 0 Å². The molecule has 0 aromatic rings. The molecule has 0 rings (SSSR count). The molecule has 0 aliphatic heterocycles. The van der Waals surface area contributed by atoms with E-state index >= 15 is 0 Å². The molecule has 0 aromatic carbocycles. The minimum absolute atomic E-state index is 0. The number of aliphatic hydroxyl groups excluding tert-OH is 2. The normalized spacial score (nSPS) is 6.00.